The van der Waals surface area contributed by atoms with Gasteiger partial charge >= 0.3 is 0 Å². The summed E-state index contributed by atoms with van der Waals surface area (Å²) in [6, 6.07) is 5.85. The first-order valence-corrected chi connectivity index (χ1v) is 6.68. The molecule has 0 aromatic heterocycles. The minimum absolute atomic E-state index is 0.0913. The van der Waals surface area contributed by atoms with Gasteiger partial charge in [-0.1, -0.05) is 22.9 Å². The Morgan fingerprint density at radius 2 is 2.28 bits per heavy atom. The van der Waals surface area contributed by atoms with Gasteiger partial charge in [-0.3, -0.25) is 4.79 Å². The zero-order chi connectivity index (χ0) is 13.5. The van der Waals surface area contributed by atoms with Gasteiger partial charge in [0.25, 0.3) is 0 Å². The fourth-order valence-corrected chi connectivity index (χ4v) is 1.77. The number of carbonyl (C=O) groups is 1. The molecule has 1 N–H and O–H groups in total. The summed E-state index contributed by atoms with van der Waals surface area (Å²) in [5.41, 5.74) is 0.867. The number of amides is 1. The lowest BCUT2D eigenvalue weighted by Gasteiger charge is -2.09. The van der Waals surface area contributed by atoms with Gasteiger partial charge in [0.2, 0.25) is 5.91 Å². The van der Waals surface area contributed by atoms with Gasteiger partial charge in [0.1, 0.15) is 5.75 Å². The molecule has 0 heterocycles. The molecule has 1 aromatic rings. The second-order valence-electron chi connectivity index (χ2n) is 4.04. The van der Waals surface area contributed by atoms with E-state index in [1.54, 1.807) is 13.2 Å². The van der Waals surface area contributed by atoms with Crippen LogP contribution < -0.4 is 10.1 Å². The van der Waals surface area contributed by atoms with E-state index in [2.05, 4.69) is 21.2 Å². The number of methoxy groups -OCH3 is 1. The molecule has 0 bridgehead atoms. The van der Waals surface area contributed by atoms with E-state index in [1.807, 2.05) is 32.0 Å². The Morgan fingerprint density at radius 3 is 2.89 bits per heavy atom. The summed E-state index contributed by atoms with van der Waals surface area (Å²) in [4.78, 5) is 11.6. The minimum Gasteiger partial charge on any atom is -0.496 e. The molecule has 0 radical (unpaired) electrons. The van der Waals surface area contributed by atoms with Crippen molar-refractivity contribution in [1.29, 1.82) is 0 Å². The number of hydrogen-bond donors (Lipinski definition) is 1. The molecule has 1 amide bonds. The van der Waals surface area contributed by atoms with E-state index in [9.17, 15) is 4.79 Å². The number of rotatable bonds is 5. The van der Waals surface area contributed by atoms with Gasteiger partial charge in [-0.2, -0.15) is 0 Å². The summed E-state index contributed by atoms with van der Waals surface area (Å²) >= 11 is 3.39. The summed E-state index contributed by atoms with van der Waals surface area (Å²) in [6.45, 7) is 4.01. The highest BCUT2D eigenvalue weighted by molar-refractivity contribution is 9.10. The van der Waals surface area contributed by atoms with E-state index < -0.39 is 0 Å². The van der Waals surface area contributed by atoms with Crippen LogP contribution in [0.5, 0.6) is 5.75 Å². The van der Waals surface area contributed by atoms with Gasteiger partial charge in [-0.15, -0.1) is 0 Å². The molecule has 0 aliphatic carbocycles. The molecule has 0 aliphatic rings. The van der Waals surface area contributed by atoms with E-state index in [1.165, 1.54) is 6.08 Å². The third kappa shape index (κ3) is 4.53. The highest BCUT2D eigenvalue weighted by Crippen LogP contribution is 2.23. The van der Waals surface area contributed by atoms with E-state index in [4.69, 9.17) is 4.74 Å². The Kier molecular flexibility index (Phi) is 5.92. The van der Waals surface area contributed by atoms with E-state index in [0.717, 1.165) is 22.2 Å². The van der Waals surface area contributed by atoms with Gasteiger partial charge in [0, 0.05) is 22.2 Å². The zero-order valence-electron chi connectivity index (χ0n) is 10.9. The van der Waals surface area contributed by atoms with Crippen LogP contribution in [0, 0.1) is 0 Å². The van der Waals surface area contributed by atoms with Crippen molar-refractivity contribution < 1.29 is 9.53 Å². The molecule has 0 unspecified atom stereocenters. The van der Waals surface area contributed by atoms with Crippen molar-refractivity contribution in [2.75, 3.05) is 7.11 Å². The van der Waals surface area contributed by atoms with Crippen LogP contribution in [0.4, 0.5) is 0 Å². The second kappa shape index (κ2) is 7.21. The number of carbonyl (C=O) groups excluding carboxylic acids is 1. The summed E-state index contributed by atoms with van der Waals surface area (Å²) in [6.07, 6.45) is 4.19. The number of hydrogen-bond acceptors (Lipinski definition) is 2. The molecule has 0 saturated heterocycles. The maximum Gasteiger partial charge on any atom is 0.244 e. The predicted octanol–water partition coefficient (Wildman–Crippen LogP) is 3.39. The Balaban J connectivity index is 2.77. The SMILES string of the molecule is CC[C@H](C)NC(=O)/C=C\c1cc(Br)ccc1OC. The van der Waals surface area contributed by atoms with E-state index >= 15 is 0 Å². The van der Waals surface area contributed by atoms with Crippen LogP contribution in [0.1, 0.15) is 25.8 Å². The number of benzene rings is 1. The van der Waals surface area contributed by atoms with Crippen LogP contribution >= 0.6 is 15.9 Å². The highest BCUT2D eigenvalue weighted by Gasteiger charge is 2.03. The monoisotopic (exact) mass is 311 g/mol. The van der Waals surface area contributed by atoms with Crippen LogP contribution in [0.15, 0.2) is 28.7 Å². The standard InChI is InChI=1S/C14H18BrNO2/c1-4-10(2)16-14(17)8-5-11-9-12(15)6-7-13(11)18-3/h5-10H,4H2,1-3H3,(H,16,17)/b8-5-/t10-/m0/s1. The molecule has 0 saturated carbocycles. The molecule has 3 nitrogen and oxygen atoms in total. The Bertz CT molecular complexity index is 443. The molecule has 1 atom stereocenters. The van der Waals surface area contributed by atoms with Crippen LogP contribution in [0.2, 0.25) is 0 Å². The van der Waals surface area contributed by atoms with Crippen LogP contribution in [-0.2, 0) is 4.79 Å². The van der Waals surface area contributed by atoms with E-state index in [-0.39, 0.29) is 11.9 Å². The van der Waals surface area contributed by atoms with Crippen molar-refractivity contribution in [3.05, 3.63) is 34.3 Å². The molecule has 18 heavy (non-hydrogen) atoms. The molecule has 0 spiro atoms. The summed E-state index contributed by atoms with van der Waals surface area (Å²) in [5.74, 6) is 0.650. The zero-order valence-corrected chi connectivity index (χ0v) is 12.5. The van der Waals surface area contributed by atoms with Crippen molar-refractivity contribution in [2.24, 2.45) is 0 Å². The topological polar surface area (TPSA) is 38.3 Å². The lowest BCUT2D eigenvalue weighted by molar-refractivity contribution is -0.117. The predicted molar refractivity (Wildman–Crippen MR) is 77.6 cm³/mol. The Hall–Kier alpha value is -1.29. The average Bonchev–Trinajstić information content (AvgIpc) is 2.36. The van der Waals surface area contributed by atoms with Crippen molar-refractivity contribution >= 4 is 27.9 Å². The highest BCUT2D eigenvalue weighted by atomic mass is 79.9. The lowest BCUT2D eigenvalue weighted by atomic mass is 10.2. The van der Waals surface area contributed by atoms with Crippen molar-refractivity contribution in [1.82, 2.24) is 5.32 Å². The van der Waals surface area contributed by atoms with Gasteiger partial charge in [0.15, 0.2) is 0 Å². The largest absolute Gasteiger partial charge is 0.496 e. The number of nitrogens with one attached hydrogen (secondary N) is 1. The molecule has 98 valence electrons. The normalized spacial score (nSPS) is 12.4. The third-order valence-electron chi connectivity index (χ3n) is 2.61. The number of ether oxygens (including phenoxy) is 1. The van der Waals surface area contributed by atoms with Gasteiger partial charge in [0.05, 0.1) is 7.11 Å². The number of halogens is 1. The fraction of sp³-hybridized carbons (Fsp3) is 0.357. The average molecular weight is 312 g/mol. The fourth-order valence-electron chi connectivity index (χ4n) is 1.39. The summed E-state index contributed by atoms with van der Waals surface area (Å²) in [5, 5.41) is 2.87. The van der Waals surface area contributed by atoms with Crippen LogP contribution in [-0.4, -0.2) is 19.1 Å². The Labute approximate surface area is 116 Å². The molecule has 1 rings (SSSR count). The first-order valence-electron chi connectivity index (χ1n) is 5.89. The molecule has 4 heteroatoms. The second-order valence-corrected chi connectivity index (χ2v) is 4.95. The maximum absolute atomic E-state index is 11.6. The molecule has 0 fully saturated rings. The maximum atomic E-state index is 11.6. The Morgan fingerprint density at radius 1 is 1.56 bits per heavy atom. The first kappa shape index (κ1) is 14.8. The van der Waals surface area contributed by atoms with Crippen molar-refractivity contribution in [2.45, 2.75) is 26.3 Å². The minimum atomic E-state index is -0.0913. The molecular weight excluding hydrogens is 294 g/mol. The summed E-state index contributed by atoms with van der Waals surface area (Å²) in [7, 11) is 1.61. The van der Waals surface area contributed by atoms with Crippen LogP contribution in [0.3, 0.4) is 0 Å². The third-order valence-corrected chi connectivity index (χ3v) is 3.10. The van der Waals surface area contributed by atoms with Gasteiger partial charge < -0.3 is 10.1 Å². The molecular formula is C14H18BrNO2. The van der Waals surface area contributed by atoms with Crippen LogP contribution in [0.25, 0.3) is 6.08 Å². The van der Waals surface area contributed by atoms with Crippen molar-refractivity contribution in [3.8, 4) is 5.75 Å². The van der Waals surface area contributed by atoms with Crippen molar-refractivity contribution in [3.63, 3.8) is 0 Å². The summed E-state index contributed by atoms with van der Waals surface area (Å²) < 4.78 is 6.18. The smallest absolute Gasteiger partial charge is 0.244 e. The quantitative estimate of drug-likeness (QED) is 0.847. The van der Waals surface area contributed by atoms with E-state index in [0.29, 0.717) is 0 Å². The first-order chi connectivity index (χ1) is 8.56. The van der Waals surface area contributed by atoms with Gasteiger partial charge in [-0.05, 0) is 37.6 Å². The van der Waals surface area contributed by atoms with Gasteiger partial charge in [-0.25, -0.2) is 0 Å². The lowest BCUT2D eigenvalue weighted by Crippen LogP contribution is -2.30. The molecule has 0 aliphatic heterocycles. The molecule has 1 aromatic carbocycles.